The maximum atomic E-state index is 14.1. The molecule has 0 radical (unpaired) electrons. The number of piperazine rings is 1. The Kier molecular flexibility index (Phi) is 14.9. The predicted octanol–water partition coefficient (Wildman–Crippen LogP) is 6.50. The van der Waals surface area contributed by atoms with E-state index in [1.807, 2.05) is 55.3 Å². The van der Waals surface area contributed by atoms with Gasteiger partial charge in [0.05, 0.1) is 28.4 Å². The van der Waals surface area contributed by atoms with Gasteiger partial charge < -0.3 is 40.1 Å². The van der Waals surface area contributed by atoms with Crippen LogP contribution < -0.4 is 16.0 Å². The summed E-state index contributed by atoms with van der Waals surface area (Å²) < 4.78 is 52.7. The fourth-order valence-corrected chi connectivity index (χ4v) is 7.38. The molecule has 3 aromatic rings. The van der Waals surface area contributed by atoms with Crippen LogP contribution in [0.1, 0.15) is 59.7 Å². The summed E-state index contributed by atoms with van der Waals surface area (Å²) in [5.41, 5.74) is 7.23. The number of carbonyl (C=O) groups excluding carboxylic acids is 4. The van der Waals surface area contributed by atoms with Crippen LogP contribution >= 0.6 is 11.6 Å². The third kappa shape index (κ3) is 11.2. The Balaban J connectivity index is 1.24. The van der Waals surface area contributed by atoms with E-state index in [1.165, 1.54) is 15.9 Å². The van der Waals surface area contributed by atoms with Crippen LogP contribution in [0.25, 0.3) is 0 Å². The fourth-order valence-electron chi connectivity index (χ4n) is 7.14. The number of benzene rings is 3. The van der Waals surface area contributed by atoms with Gasteiger partial charge in [-0.3, -0.25) is 9.59 Å². The molecule has 2 aliphatic rings. The minimum absolute atomic E-state index is 0.0276. The topological polar surface area (TPSA) is 138 Å². The number of alkyl halides is 3. The quantitative estimate of drug-likeness (QED) is 0.0763. The Morgan fingerprint density at radius 2 is 1.68 bits per heavy atom. The van der Waals surface area contributed by atoms with Crippen molar-refractivity contribution < 1.29 is 41.8 Å². The number of nitrogen functional groups attached to an aromatic ring is 1. The first kappa shape index (κ1) is 43.0. The maximum absolute atomic E-state index is 14.1. The van der Waals surface area contributed by atoms with Gasteiger partial charge >= 0.3 is 18.2 Å². The number of hydrogen-bond donors (Lipinski definition) is 2. The highest BCUT2D eigenvalue weighted by Crippen LogP contribution is 2.38. The third-order valence-electron chi connectivity index (χ3n) is 10.5. The molecule has 308 valence electrons. The second-order valence-corrected chi connectivity index (χ2v) is 14.6. The normalized spacial score (nSPS) is 15.5. The summed E-state index contributed by atoms with van der Waals surface area (Å²) in [5, 5.41) is 2.83. The van der Waals surface area contributed by atoms with E-state index in [0.717, 1.165) is 42.3 Å². The number of esters is 1. The molecule has 3 aromatic carbocycles. The first-order valence-corrected chi connectivity index (χ1v) is 19.6. The Morgan fingerprint density at radius 3 is 2.32 bits per heavy atom. The van der Waals surface area contributed by atoms with E-state index in [2.05, 4.69) is 5.32 Å². The molecular weight excluding hydrogens is 765 g/mol. The number of hydrogen-bond acceptors (Lipinski definition) is 9. The molecule has 2 aliphatic heterocycles. The zero-order valence-electron chi connectivity index (χ0n) is 32.2. The van der Waals surface area contributed by atoms with Crippen molar-refractivity contribution in [2.45, 2.75) is 63.8 Å². The summed E-state index contributed by atoms with van der Waals surface area (Å²) in [7, 11) is 1.84. The van der Waals surface area contributed by atoms with Crippen molar-refractivity contribution in [1.82, 2.24) is 14.7 Å². The lowest BCUT2D eigenvalue weighted by Crippen LogP contribution is -2.53. The van der Waals surface area contributed by atoms with E-state index >= 15 is 0 Å². The second-order valence-electron chi connectivity index (χ2n) is 14.2. The molecule has 2 fully saturated rings. The lowest BCUT2D eigenvalue weighted by molar-refractivity contribution is -0.141. The van der Waals surface area contributed by atoms with Crippen molar-refractivity contribution in [1.29, 1.82) is 0 Å². The first-order chi connectivity index (χ1) is 27.3. The zero-order valence-corrected chi connectivity index (χ0v) is 33.0. The number of likely N-dealkylation sites (tertiary alicyclic amines) is 1. The molecule has 0 spiro atoms. The molecule has 0 saturated carbocycles. The molecule has 12 nitrogen and oxygen atoms in total. The van der Waals surface area contributed by atoms with Gasteiger partial charge in [-0.05, 0) is 79.3 Å². The predicted molar refractivity (Wildman–Crippen MR) is 212 cm³/mol. The Bertz CT molecular complexity index is 1850. The lowest BCUT2D eigenvalue weighted by atomic mass is 10.0. The number of carbonyl (C=O) groups is 4. The Morgan fingerprint density at radius 1 is 1.00 bits per heavy atom. The number of rotatable bonds is 15. The number of halogens is 4. The van der Waals surface area contributed by atoms with Gasteiger partial charge in [-0.15, -0.1) is 0 Å². The number of nitrogens with one attached hydrogen (secondary N) is 1. The van der Waals surface area contributed by atoms with E-state index in [1.54, 1.807) is 17.0 Å². The van der Waals surface area contributed by atoms with Crippen molar-refractivity contribution in [3.63, 3.8) is 0 Å². The van der Waals surface area contributed by atoms with E-state index in [9.17, 15) is 32.3 Å². The van der Waals surface area contributed by atoms with Gasteiger partial charge in [-0.2, -0.15) is 13.2 Å². The number of ether oxygens (including phenoxy) is 2. The SMILES string of the molecule is CCCCOC(=O)c1ccc(N2CCN(C(=O)[C@@H](Cc3cc(Cl)c(N)c(C(F)(F)F)c3)OC(=O)N3CCC(N(C=O)CCc4ccccc4NC)CC3)CC2)cc1. The smallest absolute Gasteiger partial charge is 0.418 e. The molecule has 0 aliphatic carbocycles. The Labute approximate surface area is 336 Å². The van der Waals surface area contributed by atoms with E-state index in [0.29, 0.717) is 51.1 Å². The molecule has 5 rings (SSSR count). The zero-order chi connectivity index (χ0) is 41.1. The summed E-state index contributed by atoms with van der Waals surface area (Å²) in [6.45, 7) is 4.68. The second kappa shape index (κ2) is 19.8. The van der Waals surface area contributed by atoms with Crippen LogP contribution in [-0.4, -0.2) is 111 Å². The molecule has 16 heteroatoms. The van der Waals surface area contributed by atoms with Crippen molar-refractivity contribution in [3.05, 3.63) is 87.9 Å². The number of piperidine rings is 1. The minimum Gasteiger partial charge on any atom is -0.462 e. The molecule has 1 atom stereocenters. The highest BCUT2D eigenvalue weighted by Gasteiger charge is 2.37. The van der Waals surface area contributed by atoms with Crippen molar-refractivity contribution in [2.24, 2.45) is 0 Å². The molecular formula is C41H50ClF3N6O6. The number of nitrogens with two attached hydrogens (primary N) is 1. The number of amides is 3. The summed E-state index contributed by atoms with van der Waals surface area (Å²) in [6.07, 6.45) is -3.30. The average molecular weight is 815 g/mol. The molecule has 57 heavy (non-hydrogen) atoms. The van der Waals surface area contributed by atoms with E-state index < -0.39 is 41.5 Å². The van der Waals surface area contributed by atoms with Gasteiger partial charge in [0.1, 0.15) is 0 Å². The van der Waals surface area contributed by atoms with Crippen LogP contribution in [-0.2, 0) is 38.1 Å². The van der Waals surface area contributed by atoms with Crippen molar-refractivity contribution in [2.75, 3.05) is 75.4 Å². The van der Waals surface area contributed by atoms with Gasteiger partial charge in [-0.25, -0.2) is 9.59 Å². The van der Waals surface area contributed by atoms with Crippen molar-refractivity contribution in [3.8, 4) is 0 Å². The molecule has 2 heterocycles. The number of anilines is 3. The Hall–Kier alpha value is -5.18. The average Bonchev–Trinajstić information content (AvgIpc) is 3.21. The summed E-state index contributed by atoms with van der Waals surface area (Å²) in [5.74, 6) is -0.955. The monoisotopic (exact) mass is 814 g/mol. The third-order valence-corrected chi connectivity index (χ3v) is 10.8. The van der Waals surface area contributed by atoms with Gasteiger partial charge in [0.2, 0.25) is 6.41 Å². The maximum Gasteiger partial charge on any atom is 0.418 e. The van der Waals surface area contributed by atoms with E-state index in [4.69, 9.17) is 26.8 Å². The summed E-state index contributed by atoms with van der Waals surface area (Å²) in [4.78, 5) is 58.9. The molecule has 0 unspecified atom stereocenters. The van der Waals surface area contributed by atoms with Crippen molar-refractivity contribution >= 4 is 53.0 Å². The molecule has 2 saturated heterocycles. The van der Waals surface area contributed by atoms with Crippen LogP contribution in [0.2, 0.25) is 5.02 Å². The van der Waals surface area contributed by atoms with Gasteiger partial charge in [0.15, 0.2) is 6.10 Å². The minimum atomic E-state index is -4.81. The van der Waals surface area contributed by atoms with Crippen LogP contribution in [0.4, 0.5) is 35.0 Å². The van der Waals surface area contributed by atoms with Crippen LogP contribution in [0.15, 0.2) is 60.7 Å². The number of unbranched alkanes of at least 4 members (excludes halogenated alkanes) is 1. The van der Waals surface area contributed by atoms with Crippen LogP contribution in [0, 0.1) is 0 Å². The molecule has 3 amide bonds. The first-order valence-electron chi connectivity index (χ1n) is 19.2. The highest BCUT2D eigenvalue weighted by atomic mass is 35.5. The van der Waals surface area contributed by atoms with Crippen LogP contribution in [0.3, 0.4) is 0 Å². The van der Waals surface area contributed by atoms with E-state index in [-0.39, 0.29) is 49.2 Å². The number of nitrogens with zero attached hydrogens (tertiary/aromatic N) is 4. The molecule has 3 N–H and O–H groups in total. The summed E-state index contributed by atoms with van der Waals surface area (Å²) >= 11 is 6.12. The fraction of sp³-hybridized carbons (Fsp3) is 0.463. The van der Waals surface area contributed by atoms with Gasteiger partial charge in [0, 0.05) is 76.7 Å². The van der Waals surface area contributed by atoms with Gasteiger partial charge in [0.25, 0.3) is 5.91 Å². The standard InChI is InChI=1S/C41H50ClF3N6O6/c1-3-4-23-56-39(54)30-9-11-31(12-10-30)48-19-21-49(22-20-48)38(53)36(26-28-24-33(41(43,44)45)37(46)34(42)25-28)57-40(55)50-17-14-32(15-18-50)51(27-52)16-13-29-7-5-6-8-35(29)47-2/h5-12,24-25,27,32,36,47H,3-4,13-23,26,46H2,1-2H3/t36-/m1/s1. The number of para-hydroxylation sites is 1. The molecule has 0 bridgehead atoms. The highest BCUT2D eigenvalue weighted by molar-refractivity contribution is 6.33. The molecule has 0 aromatic heterocycles. The lowest BCUT2D eigenvalue weighted by Gasteiger charge is -2.38. The van der Waals surface area contributed by atoms with Crippen LogP contribution in [0.5, 0.6) is 0 Å². The largest absolute Gasteiger partial charge is 0.462 e. The summed E-state index contributed by atoms with van der Waals surface area (Å²) in [6, 6.07) is 16.8. The van der Waals surface area contributed by atoms with Gasteiger partial charge in [-0.1, -0.05) is 43.1 Å².